The molecule has 2 aromatic rings. The summed E-state index contributed by atoms with van der Waals surface area (Å²) in [5.41, 5.74) is 2.96. The van der Waals surface area contributed by atoms with Crippen molar-refractivity contribution in [2.75, 3.05) is 26.2 Å². The van der Waals surface area contributed by atoms with Gasteiger partial charge in [0.2, 0.25) is 11.8 Å². The molecule has 1 aromatic heterocycles. The molecule has 0 N–H and O–H groups in total. The highest BCUT2D eigenvalue weighted by Gasteiger charge is 2.32. The van der Waals surface area contributed by atoms with Crippen LogP contribution < -0.4 is 0 Å². The average Bonchev–Trinajstić information content (AvgIpc) is 2.79. The number of likely N-dealkylation sites (tertiary alicyclic amines) is 2. The van der Waals surface area contributed by atoms with Gasteiger partial charge in [0, 0.05) is 61.2 Å². The van der Waals surface area contributed by atoms with Crippen molar-refractivity contribution in [3.8, 4) is 11.3 Å². The summed E-state index contributed by atoms with van der Waals surface area (Å²) in [4.78, 5) is 33.4. The second kappa shape index (κ2) is 9.17. The van der Waals surface area contributed by atoms with Crippen molar-refractivity contribution in [3.63, 3.8) is 0 Å². The highest BCUT2D eigenvalue weighted by Crippen LogP contribution is 2.30. The van der Waals surface area contributed by atoms with Gasteiger partial charge < -0.3 is 9.80 Å². The number of rotatable bonds is 3. The van der Waals surface area contributed by atoms with Gasteiger partial charge in [-0.1, -0.05) is 29.8 Å². The molecule has 0 spiro atoms. The number of piperidine rings is 2. The number of halogens is 1. The maximum Gasteiger partial charge on any atom is 0.225 e. The van der Waals surface area contributed by atoms with E-state index in [1.807, 2.05) is 46.2 Å². The van der Waals surface area contributed by atoms with Crippen LogP contribution in [0.25, 0.3) is 11.3 Å². The number of benzene rings is 1. The molecule has 0 unspecified atom stereocenters. The minimum absolute atomic E-state index is 0.0325. The molecule has 0 saturated carbocycles. The minimum Gasteiger partial charge on any atom is -0.343 e. The lowest BCUT2D eigenvalue weighted by Gasteiger charge is -2.37. The van der Waals surface area contributed by atoms with Gasteiger partial charge in [-0.25, -0.2) is 0 Å². The van der Waals surface area contributed by atoms with E-state index in [-0.39, 0.29) is 23.7 Å². The number of pyridine rings is 1. The molecule has 2 saturated heterocycles. The Morgan fingerprint density at radius 3 is 2.50 bits per heavy atom. The Kier molecular flexibility index (Phi) is 6.38. The molecule has 2 aliphatic rings. The standard InChI is InChI=1S/C24H28ClN3O2/c1-17(29)27-13-10-18(11-14-27)24(30)28-12-4-6-20(16-28)23-9-3-8-22(26-23)19-5-2-7-21(25)15-19/h2-3,5,7-9,15,18,20H,4,6,10-14,16H2,1H3/t20-/m1/s1. The molecule has 1 atom stereocenters. The lowest BCUT2D eigenvalue weighted by atomic mass is 9.90. The molecular weight excluding hydrogens is 398 g/mol. The molecule has 0 aliphatic carbocycles. The third-order valence-electron chi connectivity index (χ3n) is 6.33. The van der Waals surface area contributed by atoms with Crippen LogP contribution in [0.1, 0.15) is 44.2 Å². The van der Waals surface area contributed by atoms with Gasteiger partial charge >= 0.3 is 0 Å². The highest BCUT2D eigenvalue weighted by atomic mass is 35.5. The number of carbonyl (C=O) groups is 2. The van der Waals surface area contributed by atoms with Crippen LogP contribution in [-0.4, -0.2) is 52.8 Å². The van der Waals surface area contributed by atoms with Crippen molar-refractivity contribution in [1.82, 2.24) is 14.8 Å². The summed E-state index contributed by atoms with van der Waals surface area (Å²) in [6, 6.07) is 13.9. The van der Waals surface area contributed by atoms with Gasteiger partial charge in [0.15, 0.2) is 0 Å². The predicted molar refractivity (Wildman–Crippen MR) is 118 cm³/mol. The van der Waals surface area contributed by atoms with E-state index < -0.39 is 0 Å². The topological polar surface area (TPSA) is 53.5 Å². The third-order valence-corrected chi connectivity index (χ3v) is 6.57. The van der Waals surface area contributed by atoms with E-state index in [4.69, 9.17) is 16.6 Å². The first-order valence-corrected chi connectivity index (χ1v) is 11.2. The van der Waals surface area contributed by atoms with Gasteiger partial charge in [-0.2, -0.15) is 0 Å². The highest BCUT2D eigenvalue weighted by molar-refractivity contribution is 6.30. The molecule has 3 heterocycles. The van der Waals surface area contributed by atoms with E-state index in [1.165, 1.54) is 0 Å². The van der Waals surface area contributed by atoms with Gasteiger partial charge in [0.1, 0.15) is 0 Å². The molecule has 4 rings (SSSR count). The summed E-state index contributed by atoms with van der Waals surface area (Å²) in [6.45, 7) is 4.51. The zero-order chi connectivity index (χ0) is 21.1. The largest absolute Gasteiger partial charge is 0.343 e. The van der Waals surface area contributed by atoms with E-state index in [1.54, 1.807) is 6.92 Å². The van der Waals surface area contributed by atoms with Crippen molar-refractivity contribution in [2.45, 2.75) is 38.5 Å². The molecule has 2 aliphatic heterocycles. The Morgan fingerprint density at radius 2 is 1.77 bits per heavy atom. The molecule has 6 heteroatoms. The summed E-state index contributed by atoms with van der Waals surface area (Å²) >= 11 is 6.14. The smallest absolute Gasteiger partial charge is 0.225 e. The maximum atomic E-state index is 13.1. The zero-order valence-electron chi connectivity index (χ0n) is 17.4. The van der Waals surface area contributed by atoms with E-state index >= 15 is 0 Å². The monoisotopic (exact) mass is 425 g/mol. The van der Waals surface area contributed by atoms with E-state index in [0.29, 0.717) is 18.1 Å². The van der Waals surface area contributed by atoms with Crippen LogP contribution in [0, 0.1) is 5.92 Å². The number of nitrogens with zero attached hydrogens (tertiary/aromatic N) is 3. The molecule has 5 nitrogen and oxygen atoms in total. The van der Waals surface area contributed by atoms with Crippen LogP contribution in [0.15, 0.2) is 42.5 Å². The Morgan fingerprint density at radius 1 is 1.00 bits per heavy atom. The molecule has 0 bridgehead atoms. The molecule has 0 radical (unpaired) electrons. The molecule has 2 fully saturated rings. The second-order valence-electron chi connectivity index (χ2n) is 8.36. The fourth-order valence-electron chi connectivity index (χ4n) is 4.61. The van der Waals surface area contributed by atoms with Crippen LogP contribution >= 0.6 is 11.6 Å². The van der Waals surface area contributed by atoms with Crippen LogP contribution in [-0.2, 0) is 9.59 Å². The lowest BCUT2D eigenvalue weighted by molar-refractivity contribution is -0.141. The van der Waals surface area contributed by atoms with Crippen LogP contribution in [0.5, 0.6) is 0 Å². The van der Waals surface area contributed by atoms with Gasteiger partial charge in [-0.15, -0.1) is 0 Å². The summed E-state index contributed by atoms with van der Waals surface area (Å²) < 4.78 is 0. The number of hydrogen-bond donors (Lipinski definition) is 0. The number of hydrogen-bond acceptors (Lipinski definition) is 3. The first-order chi connectivity index (χ1) is 14.5. The fraction of sp³-hybridized carbons (Fsp3) is 0.458. The van der Waals surface area contributed by atoms with Gasteiger partial charge in [-0.3, -0.25) is 14.6 Å². The maximum absolute atomic E-state index is 13.1. The quantitative estimate of drug-likeness (QED) is 0.733. The van der Waals surface area contributed by atoms with Crippen molar-refractivity contribution >= 4 is 23.4 Å². The third kappa shape index (κ3) is 4.67. The lowest BCUT2D eigenvalue weighted by Crippen LogP contribution is -2.46. The van der Waals surface area contributed by atoms with Crippen molar-refractivity contribution in [1.29, 1.82) is 0 Å². The van der Waals surface area contributed by atoms with Crippen LogP contribution in [0.3, 0.4) is 0 Å². The SMILES string of the molecule is CC(=O)N1CCC(C(=O)N2CCC[C@@H](c3cccc(-c4cccc(Cl)c4)n3)C2)CC1. The first kappa shape index (κ1) is 20.9. The number of carbonyl (C=O) groups excluding carboxylic acids is 2. The Balaban J connectivity index is 1.44. The number of aromatic nitrogens is 1. The van der Waals surface area contributed by atoms with E-state index in [9.17, 15) is 9.59 Å². The molecule has 158 valence electrons. The minimum atomic E-state index is 0.0325. The normalized spacial score (nSPS) is 20.3. The van der Waals surface area contributed by atoms with Gasteiger partial charge in [0.25, 0.3) is 0 Å². The summed E-state index contributed by atoms with van der Waals surface area (Å²) in [7, 11) is 0. The van der Waals surface area contributed by atoms with Gasteiger partial charge in [-0.05, 0) is 49.9 Å². The van der Waals surface area contributed by atoms with Crippen molar-refractivity contribution in [3.05, 3.63) is 53.2 Å². The predicted octanol–water partition coefficient (Wildman–Crippen LogP) is 4.37. The Hall–Kier alpha value is -2.40. The van der Waals surface area contributed by atoms with E-state index in [0.717, 1.165) is 55.7 Å². The second-order valence-corrected chi connectivity index (χ2v) is 8.80. The molecule has 1 aromatic carbocycles. The first-order valence-electron chi connectivity index (χ1n) is 10.8. The van der Waals surface area contributed by atoms with Crippen molar-refractivity contribution in [2.24, 2.45) is 5.92 Å². The van der Waals surface area contributed by atoms with E-state index in [2.05, 4.69) is 6.07 Å². The van der Waals surface area contributed by atoms with Gasteiger partial charge in [0.05, 0.1) is 5.69 Å². The Bertz CT molecular complexity index is 924. The van der Waals surface area contributed by atoms with Crippen LogP contribution in [0.2, 0.25) is 5.02 Å². The molecule has 2 amide bonds. The fourth-order valence-corrected chi connectivity index (χ4v) is 4.80. The number of amides is 2. The summed E-state index contributed by atoms with van der Waals surface area (Å²) in [5.74, 6) is 0.628. The summed E-state index contributed by atoms with van der Waals surface area (Å²) in [6.07, 6.45) is 3.56. The molecular formula is C24H28ClN3O2. The van der Waals surface area contributed by atoms with Crippen molar-refractivity contribution < 1.29 is 9.59 Å². The van der Waals surface area contributed by atoms with Crippen LogP contribution in [0.4, 0.5) is 0 Å². The summed E-state index contributed by atoms with van der Waals surface area (Å²) in [5, 5.41) is 0.699. The average molecular weight is 426 g/mol. The molecule has 30 heavy (non-hydrogen) atoms. The zero-order valence-corrected chi connectivity index (χ0v) is 18.1. The Labute approximate surface area is 183 Å².